The first-order chi connectivity index (χ1) is 25.6. The van der Waals surface area contributed by atoms with E-state index >= 15 is 0 Å². The highest BCUT2D eigenvalue weighted by Crippen LogP contribution is 2.53. The van der Waals surface area contributed by atoms with Crippen LogP contribution in [0.3, 0.4) is 0 Å². The fourth-order valence-electron chi connectivity index (χ4n) is 8.50. The van der Waals surface area contributed by atoms with Crippen LogP contribution < -0.4 is 4.90 Å². The Morgan fingerprint density at radius 3 is 1.61 bits per heavy atom. The SMILES string of the molecule is [2H]c1ccc(N(c2ccc(-c3ccc(-c4ccc(-c5ccccc5)cc4)cc3)cc2)c2cccc3sc4cc5c(cc4c23)C(C)(C)CC5(C)C)cc1[2H]. The van der Waals surface area contributed by atoms with Gasteiger partial charge in [0.15, 0.2) is 0 Å². The Balaban J connectivity index is 1.10. The summed E-state index contributed by atoms with van der Waals surface area (Å²) in [4.78, 5) is 2.26. The van der Waals surface area contributed by atoms with Crippen molar-refractivity contribution in [2.45, 2.75) is 44.9 Å². The Bertz CT molecular complexity index is 2640. The molecule has 1 aromatic heterocycles. The lowest BCUT2D eigenvalue weighted by atomic mass is 9.82. The van der Waals surface area contributed by atoms with E-state index in [-0.39, 0.29) is 22.9 Å². The number of para-hydroxylation sites is 1. The minimum absolute atomic E-state index is 0.0982. The number of benzene rings is 7. The second-order valence-electron chi connectivity index (χ2n) is 15.2. The standard InChI is InChI=1S/C49H41NS/c1-48(2)32-49(3,4)43-31-46-41(30-42(43)48)47-44(16-11-17-45(47)51-46)50(39-14-9-6-10-15-39)40-28-26-38(27-29-40)37-24-22-36(23-25-37)35-20-18-34(19-21-35)33-12-7-5-8-13-33/h5-31H,32H2,1-4H3/i6D,9D. The molecule has 0 saturated heterocycles. The van der Waals surface area contributed by atoms with E-state index < -0.39 is 0 Å². The molecule has 0 N–H and O–H groups in total. The van der Waals surface area contributed by atoms with Crippen LogP contribution in [0.25, 0.3) is 53.6 Å². The summed E-state index contributed by atoms with van der Waals surface area (Å²) in [5.41, 5.74) is 13.2. The van der Waals surface area contributed by atoms with E-state index in [2.05, 4.69) is 160 Å². The largest absolute Gasteiger partial charge is 0.310 e. The maximum absolute atomic E-state index is 8.57. The Morgan fingerprint density at radius 1 is 0.490 bits per heavy atom. The van der Waals surface area contributed by atoms with Crippen molar-refractivity contribution in [1.82, 2.24) is 0 Å². The molecular weight excluding hydrogens is 635 g/mol. The number of nitrogens with zero attached hydrogens (tertiary/aromatic N) is 1. The van der Waals surface area contributed by atoms with Crippen molar-refractivity contribution < 1.29 is 2.74 Å². The second-order valence-corrected chi connectivity index (χ2v) is 16.3. The molecule has 0 saturated carbocycles. The average molecular weight is 678 g/mol. The van der Waals surface area contributed by atoms with Crippen LogP contribution in [0.15, 0.2) is 164 Å². The number of fused-ring (bicyclic) bond motifs is 4. The normalized spacial score (nSPS) is 15.1. The number of hydrogen-bond acceptors (Lipinski definition) is 2. The Kier molecular flexibility index (Phi) is 6.96. The maximum Gasteiger partial charge on any atom is 0.0623 e. The molecule has 248 valence electrons. The van der Waals surface area contributed by atoms with E-state index in [0.29, 0.717) is 0 Å². The number of anilines is 3. The highest BCUT2D eigenvalue weighted by atomic mass is 32.1. The van der Waals surface area contributed by atoms with Gasteiger partial charge in [0.2, 0.25) is 0 Å². The summed E-state index contributed by atoms with van der Waals surface area (Å²) >= 11 is 1.86. The van der Waals surface area contributed by atoms with Gasteiger partial charge in [0.25, 0.3) is 0 Å². The fourth-order valence-corrected chi connectivity index (χ4v) is 9.65. The first kappa shape index (κ1) is 29.3. The summed E-state index contributed by atoms with van der Waals surface area (Å²) in [5.74, 6) is 0. The Hall–Kier alpha value is -5.44. The summed E-state index contributed by atoms with van der Waals surface area (Å²) in [7, 11) is 0. The molecule has 0 atom stereocenters. The molecule has 51 heavy (non-hydrogen) atoms. The van der Waals surface area contributed by atoms with Crippen LogP contribution in [0.2, 0.25) is 0 Å². The van der Waals surface area contributed by atoms with Gasteiger partial charge in [0, 0.05) is 31.5 Å². The molecule has 1 nitrogen and oxygen atoms in total. The first-order valence-corrected chi connectivity index (χ1v) is 18.6. The second kappa shape index (κ2) is 12.1. The van der Waals surface area contributed by atoms with E-state index in [1.165, 1.54) is 53.6 Å². The lowest BCUT2D eigenvalue weighted by Crippen LogP contribution is -2.17. The molecule has 0 unspecified atom stereocenters. The zero-order valence-corrected chi connectivity index (χ0v) is 30.3. The molecule has 0 amide bonds. The highest BCUT2D eigenvalue weighted by Gasteiger charge is 2.42. The third-order valence-corrected chi connectivity index (χ3v) is 11.9. The minimum Gasteiger partial charge on any atom is -0.310 e. The number of thiophene rings is 1. The van der Waals surface area contributed by atoms with Crippen LogP contribution in [-0.4, -0.2) is 0 Å². The van der Waals surface area contributed by atoms with E-state index in [0.717, 1.165) is 34.6 Å². The maximum atomic E-state index is 8.57. The van der Waals surface area contributed by atoms with Gasteiger partial charge in [-0.15, -0.1) is 11.3 Å². The van der Waals surface area contributed by atoms with E-state index in [1.54, 1.807) is 6.07 Å². The lowest BCUT2D eigenvalue weighted by Gasteiger charge is -2.27. The van der Waals surface area contributed by atoms with Gasteiger partial charge >= 0.3 is 0 Å². The summed E-state index contributed by atoms with van der Waals surface area (Å²) < 4.78 is 19.4. The zero-order valence-electron chi connectivity index (χ0n) is 31.5. The molecule has 0 bridgehead atoms. The Morgan fingerprint density at radius 2 is 1.02 bits per heavy atom. The third-order valence-electron chi connectivity index (χ3n) is 10.8. The van der Waals surface area contributed by atoms with Crippen molar-refractivity contribution in [3.8, 4) is 33.4 Å². The molecule has 2 heteroatoms. The molecule has 8 aromatic rings. The molecule has 1 heterocycles. The molecule has 0 fully saturated rings. The molecule has 0 spiro atoms. The van der Waals surface area contributed by atoms with E-state index in [4.69, 9.17) is 2.74 Å². The topological polar surface area (TPSA) is 3.24 Å². The first-order valence-electron chi connectivity index (χ1n) is 18.8. The predicted octanol–water partition coefficient (Wildman–Crippen LogP) is 14.5. The number of rotatable bonds is 6. The van der Waals surface area contributed by atoms with Crippen LogP contribution in [0.1, 0.15) is 48.0 Å². The van der Waals surface area contributed by atoms with Gasteiger partial charge in [-0.1, -0.05) is 143 Å². The van der Waals surface area contributed by atoms with Gasteiger partial charge < -0.3 is 4.90 Å². The van der Waals surface area contributed by atoms with Crippen molar-refractivity contribution in [2.75, 3.05) is 4.90 Å². The predicted molar refractivity (Wildman–Crippen MR) is 221 cm³/mol. The van der Waals surface area contributed by atoms with Crippen LogP contribution in [0, 0.1) is 0 Å². The van der Waals surface area contributed by atoms with Crippen LogP contribution >= 0.6 is 11.3 Å². The minimum atomic E-state index is 0.0982. The van der Waals surface area contributed by atoms with Crippen molar-refractivity contribution in [3.63, 3.8) is 0 Å². The molecule has 1 aliphatic carbocycles. The molecule has 9 rings (SSSR count). The molecule has 7 aromatic carbocycles. The molecule has 1 aliphatic rings. The summed E-state index contributed by atoms with van der Waals surface area (Å²) in [6.07, 6.45) is 1.13. The van der Waals surface area contributed by atoms with Gasteiger partial charge in [-0.25, -0.2) is 0 Å². The number of hydrogen-bond donors (Lipinski definition) is 0. The average Bonchev–Trinajstić information content (AvgIpc) is 3.63. The quantitative estimate of drug-likeness (QED) is 0.169. The highest BCUT2D eigenvalue weighted by molar-refractivity contribution is 7.26. The van der Waals surface area contributed by atoms with Crippen molar-refractivity contribution in [2.24, 2.45) is 0 Å². The molecular formula is C49H41NS. The van der Waals surface area contributed by atoms with Gasteiger partial charge in [-0.05, 0) is 110 Å². The smallest absolute Gasteiger partial charge is 0.0623 e. The van der Waals surface area contributed by atoms with Crippen molar-refractivity contribution in [3.05, 3.63) is 175 Å². The van der Waals surface area contributed by atoms with Crippen LogP contribution in [0.5, 0.6) is 0 Å². The summed E-state index contributed by atoms with van der Waals surface area (Å²) in [6, 6.07) is 54.3. The van der Waals surface area contributed by atoms with Crippen LogP contribution in [0.4, 0.5) is 17.1 Å². The van der Waals surface area contributed by atoms with Crippen molar-refractivity contribution in [1.29, 1.82) is 0 Å². The fraction of sp³-hybridized carbons (Fsp3) is 0.143. The Labute approximate surface area is 308 Å². The molecule has 0 aliphatic heterocycles. The van der Waals surface area contributed by atoms with Gasteiger partial charge in [-0.2, -0.15) is 0 Å². The third kappa shape index (κ3) is 5.55. The van der Waals surface area contributed by atoms with E-state index in [1.807, 2.05) is 29.5 Å². The van der Waals surface area contributed by atoms with E-state index in [9.17, 15) is 0 Å². The lowest BCUT2D eigenvalue weighted by molar-refractivity contribution is 0.403. The monoisotopic (exact) mass is 677 g/mol. The van der Waals surface area contributed by atoms with Gasteiger partial charge in [0.05, 0.1) is 8.43 Å². The molecule has 0 radical (unpaired) electrons. The summed E-state index contributed by atoms with van der Waals surface area (Å²) in [5, 5.41) is 2.51. The van der Waals surface area contributed by atoms with Crippen LogP contribution in [-0.2, 0) is 10.8 Å². The van der Waals surface area contributed by atoms with Gasteiger partial charge in [0.1, 0.15) is 0 Å². The zero-order chi connectivity index (χ0) is 36.5. The van der Waals surface area contributed by atoms with Crippen molar-refractivity contribution >= 4 is 48.6 Å². The van der Waals surface area contributed by atoms with Gasteiger partial charge in [-0.3, -0.25) is 0 Å². The summed E-state index contributed by atoms with van der Waals surface area (Å²) in [6.45, 7) is 9.52.